The topological polar surface area (TPSA) is 21.3 Å². The lowest BCUT2D eigenvalue weighted by Gasteiger charge is -2.18. The molecule has 2 heteroatoms. The van der Waals surface area contributed by atoms with E-state index in [9.17, 15) is 0 Å². The van der Waals surface area contributed by atoms with Crippen LogP contribution in [0.4, 0.5) is 0 Å². The molecule has 0 aliphatic rings. The lowest BCUT2D eigenvalue weighted by atomic mass is 10.0. The van der Waals surface area contributed by atoms with Crippen molar-refractivity contribution in [1.29, 1.82) is 0 Å². The molecule has 1 rings (SSSR count). The molecule has 2 nitrogen and oxygen atoms in total. The second-order valence-electron chi connectivity index (χ2n) is 4.68. The molecule has 0 spiro atoms. The van der Waals surface area contributed by atoms with Gasteiger partial charge in [0.2, 0.25) is 0 Å². The van der Waals surface area contributed by atoms with Crippen LogP contribution in [0.1, 0.15) is 44.7 Å². The molecular weight excluding hydrogens is 222 g/mol. The highest BCUT2D eigenvalue weighted by Gasteiger charge is 2.09. The van der Waals surface area contributed by atoms with E-state index in [0.29, 0.717) is 6.04 Å². The molecule has 0 heterocycles. The average molecular weight is 245 g/mol. The van der Waals surface area contributed by atoms with Gasteiger partial charge in [-0.15, -0.1) is 12.3 Å². The molecule has 18 heavy (non-hydrogen) atoms. The van der Waals surface area contributed by atoms with Crippen molar-refractivity contribution in [3.63, 3.8) is 0 Å². The zero-order valence-corrected chi connectivity index (χ0v) is 11.6. The third-order valence-corrected chi connectivity index (χ3v) is 2.79. The van der Waals surface area contributed by atoms with Crippen LogP contribution in [0.3, 0.4) is 0 Å². The van der Waals surface area contributed by atoms with Gasteiger partial charge < -0.3 is 10.1 Å². The summed E-state index contributed by atoms with van der Waals surface area (Å²) in [6.07, 6.45) is 8.41. The maximum absolute atomic E-state index is 5.72. The monoisotopic (exact) mass is 245 g/mol. The Kier molecular flexibility index (Phi) is 6.32. The number of rotatable bonds is 7. The summed E-state index contributed by atoms with van der Waals surface area (Å²) in [5, 5.41) is 3.33. The molecular formula is C16H23NO. The third-order valence-electron chi connectivity index (χ3n) is 2.79. The number of hydrogen-bond acceptors (Lipinski definition) is 2. The van der Waals surface area contributed by atoms with Gasteiger partial charge in [-0.05, 0) is 51.4 Å². The summed E-state index contributed by atoms with van der Waals surface area (Å²) in [5.41, 5.74) is 1.26. The second-order valence-corrected chi connectivity index (χ2v) is 4.68. The smallest absolute Gasteiger partial charge is 0.120 e. The van der Waals surface area contributed by atoms with Crippen molar-refractivity contribution in [3.8, 4) is 18.1 Å². The van der Waals surface area contributed by atoms with Crippen LogP contribution in [-0.4, -0.2) is 13.2 Å². The largest absolute Gasteiger partial charge is 0.491 e. The van der Waals surface area contributed by atoms with Gasteiger partial charge in [0.15, 0.2) is 0 Å². The Balaban J connectivity index is 2.70. The SMILES string of the molecule is C#CCCCC(NC)c1cccc(OC(C)C)c1. The van der Waals surface area contributed by atoms with Gasteiger partial charge in [-0.2, -0.15) is 0 Å². The highest BCUT2D eigenvalue weighted by molar-refractivity contribution is 5.30. The van der Waals surface area contributed by atoms with E-state index in [4.69, 9.17) is 11.2 Å². The molecule has 1 unspecified atom stereocenters. The maximum Gasteiger partial charge on any atom is 0.120 e. The van der Waals surface area contributed by atoms with Gasteiger partial charge in [-0.1, -0.05) is 12.1 Å². The Morgan fingerprint density at radius 1 is 1.39 bits per heavy atom. The second kappa shape index (κ2) is 7.79. The highest BCUT2D eigenvalue weighted by Crippen LogP contribution is 2.23. The van der Waals surface area contributed by atoms with Crippen molar-refractivity contribution in [2.75, 3.05) is 7.05 Å². The van der Waals surface area contributed by atoms with Gasteiger partial charge in [0.25, 0.3) is 0 Å². The Labute approximate surface area is 111 Å². The van der Waals surface area contributed by atoms with Crippen molar-refractivity contribution in [3.05, 3.63) is 29.8 Å². The molecule has 1 atom stereocenters. The van der Waals surface area contributed by atoms with E-state index in [-0.39, 0.29) is 6.10 Å². The number of unbranched alkanes of at least 4 members (excludes halogenated alkanes) is 1. The lowest BCUT2D eigenvalue weighted by Crippen LogP contribution is -2.16. The number of hydrogen-bond donors (Lipinski definition) is 1. The van der Waals surface area contributed by atoms with Crippen LogP contribution in [-0.2, 0) is 0 Å². The molecule has 1 N–H and O–H groups in total. The normalized spacial score (nSPS) is 12.2. The zero-order valence-electron chi connectivity index (χ0n) is 11.6. The first-order chi connectivity index (χ1) is 8.67. The summed E-state index contributed by atoms with van der Waals surface area (Å²) in [4.78, 5) is 0. The van der Waals surface area contributed by atoms with Gasteiger partial charge in [0.1, 0.15) is 5.75 Å². The lowest BCUT2D eigenvalue weighted by molar-refractivity contribution is 0.242. The molecule has 0 aromatic heterocycles. The number of nitrogens with one attached hydrogen (secondary N) is 1. The van der Waals surface area contributed by atoms with Gasteiger partial charge in [-0.25, -0.2) is 0 Å². The summed E-state index contributed by atoms with van der Waals surface area (Å²) >= 11 is 0. The van der Waals surface area contributed by atoms with E-state index < -0.39 is 0 Å². The van der Waals surface area contributed by atoms with Gasteiger partial charge >= 0.3 is 0 Å². The van der Waals surface area contributed by atoms with Crippen LogP contribution in [0, 0.1) is 12.3 Å². The predicted octanol–water partition coefficient (Wildman–Crippen LogP) is 3.54. The molecule has 0 aliphatic heterocycles. The fourth-order valence-electron chi connectivity index (χ4n) is 1.96. The summed E-state index contributed by atoms with van der Waals surface area (Å²) in [7, 11) is 1.98. The standard InChI is InChI=1S/C16H23NO/c1-5-6-7-11-16(17-4)14-9-8-10-15(12-14)18-13(2)3/h1,8-10,12-13,16-17H,6-7,11H2,2-4H3. The molecule has 0 fully saturated rings. The molecule has 0 aliphatic carbocycles. The van der Waals surface area contributed by atoms with Crippen LogP contribution in [0.5, 0.6) is 5.75 Å². The van der Waals surface area contributed by atoms with Gasteiger partial charge in [0.05, 0.1) is 6.10 Å². The average Bonchev–Trinajstić information content (AvgIpc) is 2.34. The van der Waals surface area contributed by atoms with E-state index >= 15 is 0 Å². The molecule has 0 radical (unpaired) electrons. The van der Waals surface area contributed by atoms with E-state index in [0.717, 1.165) is 25.0 Å². The number of benzene rings is 1. The van der Waals surface area contributed by atoms with Crippen molar-refractivity contribution < 1.29 is 4.74 Å². The Hall–Kier alpha value is -1.46. The minimum atomic E-state index is 0.203. The Bertz CT molecular complexity index is 392. The molecule has 0 saturated carbocycles. The van der Waals surface area contributed by atoms with Gasteiger partial charge in [-0.3, -0.25) is 0 Å². The van der Waals surface area contributed by atoms with E-state index in [1.807, 2.05) is 33.0 Å². The number of terminal acetylenes is 1. The first kappa shape index (κ1) is 14.6. The number of ether oxygens (including phenoxy) is 1. The van der Waals surface area contributed by atoms with Crippen LogP contribution in [0.15, 0.2) is 24.3 Å². The van der Waals surface area contributed by atoms with Crippen molar-refractivity contribution >= 4 is 0 Å². The van der Waals surface area contributed by atoms with Crippen molar-refractivity contribution in [2.24, 2.45) is 0 Å². The minimum Gasteiger partial charge on any atom is -0.491 e. The van der Waals surface area contributed by atoms with Gasteiger partial charge in [0, 0.05) is 12.5 Å². The molecule has 1 aromatic carbocycles. The molecule has 0 amide bonds. The fourth-order valence-corrected chi connectivity index (χ4v) is 1.96. The van der Waals surface area contributed by atoms with Crippen LogP contribution in [0.2, 0.25) is 0 Å². The molecule has 0 bridgehead atoms. The van der Waals surface area contributed by atoms with E-state index in [1.165, 1.54) is 5.56 Å². The molecule has 98 valence electrons. The van der Waals surface area contributed by atoms with E-state index in [2.05, 4.69) is 23.4 Å². The minimum absolute atomic E-state index is 0.203. The highest BCUT2D eigenvalue weighted by atomic mass is 16.5. The van der Waals surface area contributed by atoms with E-state index in [1.54, 1.807) is 0 Å². The van der Waals surface area contributed by atoms with Crippen LogP contribution in [0.25, 0.3) is 0 Å². The van der Waals surface area contributed by atoms with Crippen molar-refractivity contribution in [2.45, 2.75) is 45.3 Å². The Morgan fingerprint density at radius 3 is 2.78 bits per heavy atom. The quantitative estimate of drug-likeness (QED) is 0.586. The zero-order chi connectivity index (χ0) is 13.4. The van der Waals surface area contributed by atoms with Crippen LogP contribution >= 0.6 is 0 Å². The summed E-state index contributed by atoms with van der Waals surface area (Å²) < 4.78 is 5.72. The predicted molar refractivity (Wildman–Crippen MR) is 76.7 cm³/mol. The molecule has 1 aromatic rings. The summed E-state index contributed by atoms with van der Waals surface area (Å²) in [6, 6.07) is 8.62. The fraction of sp³-hybridized carbons (Fsp3) is 0.500. The Morgan fingerprint density at radius 2 is 2.17 bits per heavy atom. The first-order valence-electron chi connectivity index (χ1n) is 6.54. The summed E-state index contributed by atoms with van der Waals surface area (Å²) in [5.74, 6) is 3.61. The van der Waals surface area contributed by atoms with Crippen LogP contribution < -0.4 is 10.1 Å². The maximum atomic E-state index is 5.72. The first-order valence-corrected chi connectivity index (χ1v) is 6.54. The summed E-state index contributed by atoms with van der Waals surface area (Å²) in [6.45, 7) is 4.07. The molecule has 0 saturated heterocycles. The third kappa shape index (κ3) is 4.81. The van der Waals surface area contributed by atoms with Crippen molar-refractivity contribution in [1.82, 2.24) is 5.32 Å².